The van der Waals surface area contributed by atoms with Gasteiger partial charge in [-0.25, -0.2) is 14.6 Å². The summed E-state index contributed by atoms with van der Waals surface area (Å²) in [5.41, 5.74) is 1.42. The van der Waals surface area contributed by atoms with Gasteiger partial charge >= 0.3 is 12.1 Å². The molecule has 6 rings (SSSR count). The maximum atomic E-state index is 13.8. The maximum Gasteiger partial charge on any atom is 0.509 e. The van der Waals surface area contributed by atoms with Gasteiger partial charge in [0.15, 0.2) is 6.29 Å². The highest BCUT2D eigenvalue weighted by Gasteiger charge is 2.51. The number of nitrogens with zero attached hydrogens (tertiary/aromatic N) is 2. The topological polar surface area (TPSA) is 115 Å². The molecule has 5 heterocycles. The van der Waals surface area contributed by atoms with Crippen molar-refractivity contribution in [2.45, 2.75) is 154 Å². The molecule has 1 fully saturated rings. The fraction of sp³-hybridized carbons (Fsp3) is 0.619. The minimum absolute atomic E-state index is 0.0548. The second-order valence-corrected chi connectivity index (χ2v) is 14.7. The molecule has 0 saturated carbocycles. The highest BCUT2D eigenvalue weighted by atomic mass is 16.8. The average molecular weight is 717 g/mol. The summed E-state index contributed by atoms with van der Waals surface area (Å²) in [6, 6.07) is 11.6. The Kier molecular flexibility index (Phi) is 13.4. The normalized spacial score (nSPS) is 20.4. The zero-order valence-corrected chi connectivity index (χ0v) is 31.1. The van der Waals surface area contributed by atoms with E-state index >= 15 is 0 Å². The second kappa shape index (κ2) is 18.3. The van der Waals surface area contributed by atoms with Gasteiger partial charge in [-0.1, -0.05) is 122 Å². The zero-order chi connectivity index (χ0) is 36.3. The van der Waals surface area contributed by atoms with Gasteiger partial charge in [0.25, 0.3) is 5.56 Å². The van der Waals surface area contributed by atoms with Gasteiger partial charge in [0.2, 0.25) is 5.60 Å². The van der Waals surface area contributed by atoms with Gasteiger partial charge < -0.3 is 28.3 Å². The fourth-order valence-corrected chi connectivity index (χ4v) is 7.84. The summed E-state index contributed by atoms with van der Waals surface area (Å²) in [6.45, 7) is 4.37. The Morgan fingerprint density at radius 2 is 1.58 bits per heavy atom. The molecule has 1 aromatic carbocycles. The SMILES string of the molecule is CCCCCCCCCCCCCCCCCC1OCC(COC(=O)O[C@]2(CC)C(=O)OCc3c2cc2n(c3=O)Cc3cc4ccccc4nc3-2)O1. The Labute approximate surface area is 307 Å². The number of aromatic nitrogens is 2. The summed E-state index contributed by atoms with van der Waals surface area (Å²) in [7, 11) is 0. The molecule has 0 amide bonds. The first kappa shape index (κ1) is 38.0. The lowest BCUT2D eigenvalue weighted by atomic mass is 9.85. The Bertz CT molecular complexity index is 1740. The molecule has 0 N–H and O–H groups in total. The van der Waals surface area contributed by atoms with Crippen molar-refractivity contribution in [2.24, 2.45) is 0 Å². The number of pyridine rings is 2. The summed E-state index contributed by atoms with van der Waals surface area (Å²) in [5.74, 6) is -0.738. The molecule has 1 saturated heterocycles. The molecule has 0 radical (unpaired) electrons. The van der Waals surface area contributed by atoms with Crippen molar-refractivity contribution < 1.29 is 33.3 Å². The number of rotatable bonds is 20. The number of carbonyl (C=O) groups is 2. The van der Waals surface area contributed by atoms with Gasteiger partial charge in [-0.2, -0.15) is 0 Å². The van der Waals surface area contributed by atoms with Gasteiger partial charge in [-0.15, -0.1) is 0 Å². The number of hydrogen-bond acceptors (Lipinski definition) is 9. The van der Waals surface area contributed by atoms with E-state index in [9.17, 15) is 14.4 Å². The quantitative estimate of drug-likeness (QED) is 0.0652. The molecule has 3 aliphatic rings. The number of fused-ring (bicyclic) bond motifs is 5. The molecule has 10 nitrogen and oxygen atoms in total. The highest BCUT2D eigenvalue weighted by Crippen LogP contribution is 2.41. The summed E-state index contributed by atoms with van der Waals surface area (Å²) in [4.78, 5) is 45.1. The molecule has 0 bridgehead atoms. The minimum Gasteiger partial charge on any atom is -0.457 e. The number of ether oxygens (including phenoxy) is 5. The van der Waals surface area contributed by atoms with Crippen LogP contribution in [-0.4, -0.2) is 47.3 Å². The molecule has 52 heavy (non-hydrogen) atoms. The molecule has 0 spiro atoms. The standard InChI is InChI=1S/C42H56N2O8/c1-3-5-6-7-8-9-10-11-12-13-14-15-16-17-18-23-37-48-27-32(51-37)28-50-41(47)52-42(4-2)34-25-36-38-31(24-30-21-19-20-22-35(30)43-38)26-44(36)39(45)33(34)29-49-40(42)46/h19-22,24-25,32,37H,3-18,23,26-29H2,1-2H3/t32?,37?,42-/m0/s1. The molecule has 3 aliphatic heterocycles. The fourth-order valence-electron chi connectivity index (χ4n) is 7.84. The molecule has 0 aliphatic carbocycles. The van der Waals surface area contributed by atoms with Crippen LogP contribution in [0.1, 0.15) is 140 Å². The Morgan fingerprint density at radius 1 is 0.904 bits per heavy atom. The molecule has 2 aromatic heterocycles. The third kappa shape index (κ3) is 8.88. The van der Waals surface area contributed by atoms with E-state index in [2.05, 4.69) is 6.92 Å². The number of para-hydroxylation sites is 1. The summed E-state index contributed by atoms with van der Waals surface area (Å²) < 4.78 is 30.1. The van der Waals surface area contributed by atoms with Gasteiger partial charge in [-0.3, -0.25) is 4.79 Å². The highest BCUT2D eigenvalue weighted by molar-refractivity contribution is 5.87. The van der Waals surface area contributed by atoms with Crippen LogP contribution >= 0.6 is 0 Å². The van der Waals surface area contributed by atoms with E-state index in [-0.39, 0.29) is 37.0 Å². The van der Waals surface area contributed by atoms with E-state index in [1.165, 1.54) is 83.5 Å². The van der Waals surface area contributed by atoms with Crippen LogP contribution in [0.2, 0.25) is 0 Å². The van der Waals surface area contributed by atoms with Crippen LogP contribution in [0.5, 0.6) is 0 Å². The third-order valence-electron chi connectivity index (χ3n) is 10.9. The monoisotopic (exact) mass is 716 g/mol. The van der Waals surface area contributed by atoms with Crippen molar-refractivity contribution >= 4 is 23.0 Å². The Hall–Kier alpha value is -3.76. The Balaban J connectivity index is 0.931. The minimum atomic E-state index is -1.83. The van der Waals surface area contributed by atoms with E-state index in [0.717, 1.165) is 35.7 Å². The molecular formula is C42H56N2O8. The van der Waals surface area contributed by atoms with Crippen LogP contribution in [-0.2, 0) is 47.2 Å². The second-order valence-electron chi connectivity index (χ2n) is 14.7. The molecule has 10 heteroatoms. The van der Waals surface area contributed by atoms with E-state index in [4.69, 9.17) is 28.7 Å². The number of hydrogen-bond donors (Lipinski definition) is 0. The lowest BCUT2D eigenvalue weighted by molar-refractivity contribution is -0.176. The third-order valence-corrected chi connectivity index (χ3v) is 10.9. The van der Waals surface area contributed by atoms with Crippen LogP contribution in [0, 0.1) is 0 Å². The van der Waals surface area contributed by atoms with Crippen LogP contribution < -0.4 is 5.56 Å². The largest absolute Gasteiger partial charge is 0.509 e. The molecule has 2 unspecified atom stereocenters. The number of cyclic esters (lactones) is 1. The summed E-state index contributed by atoms with van der Waals surface area (Å²) in [5, 5.41) is 0.979. The Morgan fingerprint density at radius 3 is 2.27 bits per heavy atom. The van der Waals surface area contributed by atoms with Crippen molar-refractivity contribution in [3.05, 3.63) is 63.4 Å². The van der Waals surface area contributed by atoms with Gasteiger partial charge in [0.05, 0.1) is 35.6 Å². The van der Waals surface area contributed by atoms with Gasteiger partial charge in [0.1, 0.15) is 19.3 Å². The number of esters is 1. The number of benzene rings is 1. The van der Waals surface area contributed by atoms with Crippen LogP contribution in [0.4, 0.5) is 4.79 Å². The number of carbonyl (C=O) groups excluding carboxylic acids is 2. The van der Waals surface area contributed by atoms with Crippen LogP contribution in [0.15, 0.2) is 41.2 Å². The molecular weight excluding hydrogens is 660 g/mol. The average Bonchev–Trinajstić information content (AvgIpc) is 3.77. The maximum absolute atomic E-state index is 13.8. The number of unbranched alkanes of at least 4 members (excludes halogenated alkanes) is 14. The van der Waals surface area contributed by atoms with Crippen molar-refractivity contribution in [3.63, 3.8) is 0 Å². The van der Waals surface area contributed by atoms with Gasteiger partial charge in [0, 0.05) is 16.5 Å². The van der Waals surface area contributed by atoms with E-state index in [0.29, 0.717) is 30.1 Å². The van der Waals surface area contributed by atoms with Crippen molar-refractivity contribution in [3.8, 4) is 11.4 Å². The van der Waals surface area contributed by atoms with E-state index < -0.39 is 23.8 Å². The zero-order valence-electron chi connectivity index (χ0n) is 31.1. The van der Waals surface area contributed by atoms with Crippen molar-refractivity contribution in [2.75, 3.05) is 13.2 Å². The van der Waals surface area contributed by atoms with E-state index in [1.807, 2.05) is 30.3 Å². The summed E-state index contributed by atoms with van der Waals surface area (Å²) >= 11 is 0. The lowest BCUT2D eigenvalue weighted by Gasteiger charge is -2.35. The predicted octanol–water partition coefficient (Wildman–Crippen LogP) is 9.24. The van der Waals surface area contributed by atoms with Crippen molar-refractivity contribution in [1.29, 1.82) is 0 Å². The summed E-state index contributed by atoms with van der Waals surface area (Å²) in [6.07, 6.45) is 18.8. The lowest BCUT2D eigenvalue weighted by Crippen LogP contribution is -2.47. The van der Waals surface area contributed by atoms with Crippen LogP contribution in [0.3, 0.4) is 0 Å². The predicted molar refractivity (Wildman–Crippen MR) is 199 cm³/mol. The first-order chi connectivity index (χ1) is 25.4. The molecule has 3 aromatic rings. The van der Waals surface area contributed by atoms with E-state index in [1.54, 1.807) is 17.6 Å². The molecule has 3 atom stereocenters. The van der Waals surface area contributed by atoms with Gasteiger partial charge in [-0.05, 0) is 37.5 Å². The van der Waals surface area contributed by atoms with Crippen molar-refractivity contribution in [1.82, 2.24) is 9.55 Å². The van der Waals surface area contributed by atoms with Crippen LogP contribution in [0.25, 0.3) is 22.3 Å². The first-order valence-electron chi connectivity index (χ1n) is 19.9. The smallest absolute Gasteiger partial charge is 0.457 e. The first-order valence-corrected chi connectivity index (χ1v) is 19.9. The molecule has 282 valence electrons.